The minimum Gasteiger partial charge on any atom is -0.550 e. The minimum absolute atomic E-state index is 0.110. The fourth-order valence-corrected chi connectivity index (χ4v) is 4.51. The van der Waals surface area contributed by atoms with Gasteiger partial charge >= 0.3 is 0 Å². The van der Waals surface area contributed by atoms with Crippen molar-refractivity contribution in [3.05, 3.63) is 18.0 Å². The normalized spacial score (nSPS) is 16.7. The molecule has 0 aliphatic heterocycles. The van der Waals surface area contributed by atoms with Crippen LogP contribution in [0.5, 0.6) is 0 Å². The molecule has 11 nitrogen and oxygen atoms in total. The van der Waals surface area contributed by atoms with E-state index in [-0.39, 0.29) is 29.8 Å². The number of carbonyl (C=O) groups is 1. The molecule has 0 bridgehead atoms. The number of hydrogen-bond donors (Lipinski definition) is 2. The first-order chi connectivity index (χ1) is 13.9. The average Bonchev–Trinajstić information content (AvgIpc) is 3.39. The van der Waals surface area contributed by atoms with Crippen LogP contribution in [-0.2, 0) is 21.4 Å². The fourth-order valence-electron chi connectivity index (χ4n) is 3.70. The van der Waals surface area contributed by atoms with Crippen LogP contribution in [-0.4, -0.2) is 39.7 Å². The molecule has 1 atom stereocenters. The predicted octanol–water partition coefficient (Wildman–Crippen LogP) is 0.640. The van der Waals surface area contributed by atoms with Gasteiger partial charge in [0.05, 0.1) is 6.54 Å². The molecule has 0 amide bonds. The van der Waals surface area contributed by atoms with Crippen molar-refractivity contribution >= 4 is 16.0 Å². The maximum atomic E-state index is 12.0. The van der Waals surface area contributed by atoms with E-state index < -0.39 is 21.9 Å². The van der Waals surface area contributed by atoms with Gasteiger partial charge in [-0.3, -0.25) is 0 Å². The van der Waals surface area contributed by atoms with E-state index in [1.165, 1.54) is 32.1 Å². The monoisotopic (exact) mass is 425 g/mol. The highest BCUT2D eigenvalue weighted by Crippen LogP contribution is 2.30. The summed E-state index contributed by atoms with van der Waals surface area (Å²) in [4.78, 5) is 18.9. The molecule has 2 heterocycles. The van der Waals surface area contributed by atoms with Crippen LogP contribution in [0.4, 0.5) is 0 Å². The number of rotatable bonds is 11. The highest BCUT2D eigenvalue weighted by Gasteiger charge is 2.22. The smallest absolute Gasteiger partial charge is 0.276 e. The molecular weight excluding hydrogens is 400 g/mol. The van der Waals surface area contributed by atoms with Crippen LogP contribution in [0.2, 0.25) is 0 Å². The van der Waals surface area contributed by atoms with Crippen molar-refractivity contribution in [3.8, 4) is 0 Å². The lowest BCUT2D eigenvalue weighted by molar-refractivity contribution is -0.306. The Labute approximate surface area is 168 Å². The van der Waals surface area contributed by atoms with Gasteiger partial charge in [-0.2, -0.15) is 10.1 Å². The van der Waals surface area contributed by atoms with E-state index in [0.717, 1.165) is 19.2 Å². The molecule has 2 aromatic rings. The third-order valence-electron chi connectivity index (χ3n) is 5.20. The Hall–Kier alpha value is -2.34. The summed E-state index contributed by atoms with van der Waals surface area (Å²) in [7, 11) is -3.88. The summed E-state index contributed by atoms with van der Waals surface area (Å²) in [6.45, 7) is -0.216. The summed E-state index contributed by atoms with van der Waals surface area (Å²) in [6, 6.07) is 0. The van der Waals surface area contributed by atoms with Gasteiger partial charge in [-0.1, -0.05) is 50.1 Å². The topological polar surface area (TPSA) is 167 Å². The zero-order valence-corrected chi connectivity index (χ0v) is 16.9. The van der Waals surface area contributed by atoms with Gasteiger partial charge in [0.2, 0.25) is 5.89 Å². The Kier molecular flexibility index (Phi) is 7.31. The van der Waals surface area contributed by atoms with E-state index in [1.54, 1.807) is 0 Å². The number of sulfonamides is 1. The lowest BCUT2D eigenvalue weighted by Gasteiger charge is -2.22. The van der Waals surface area contributed by atoms with Crippen LogP contribution in [0.3, 0.4) is 0 Å². The van der Waals surface area contributed by atoms with E-state index >= 15 is 0 Å². The summed E-state index contributed by atoms with van der Waals surface area (Å²) < 4.78 is 31.5. The van der Waals surface area contributed by atoms with Crippen LogP contribution < -0.4 is 9.83 Å². The van der Waals surface area contributed by atoms with Gasteiger partial charge in [-0.05, 0) is 18.8 Å². The third kappa shape index (κ3) is 6.32. The molecule has 1 fully saturated rings. The molecule has 0 aromatic carbocycles. The van der Waals surface area contributed by atoms with Crippen molar-refractivity contribution in [1.82, 2.24) is 30.0 Å². The molecule has 2 aromatic heterocycles. The highest BCUT2D eigenvalue weighted by molar-refractivity contribution is 7.89. The Balaban J connectivity index is 1.55. The maximum absolute atomic E-state index is 12.0. The number of aliphatic carboxylic acids is 1. The number of aromatic nitrogens is 5. The molecule has 0 unspecified atom stereocenters. The van der Waals surface area contributed by atoms with Crippen molar-refractivity contribution in [2.45, 2.75) is 75.4 Å². The Morgan fingerprint density at radius 3 is 2.83 bits per heavy atom. The highest BCUT2D eigenvalue weighted by atomic mass is 32.2. The van der Waals surface area contributed by atoms with Crippen molar-refractivity contribution in [2.75, 3.05) is 0 Å². The van der Waals surface area contributed by atoms with E-state index in [4.69, 9.17) is 4.52 Å². The fraction of sp³-hybridized carbons (Fsp3) is 0.706. The minimum atomic E-state index is -3.88. The van der Waals surface area contributed by atoms with Gasteiger partial charge in [0.25, 0.3) is 15.2 Å². The number of carboxylic acid groups (broad SMARTS) is 1. The zero-order chi connectivity index (χ0) is 20.7. The summed E-state index contributed by atoms with van der Waals surface area (Å²) in [5, 5.41) is 20.3. The van der Waals surface area contributed by atoms with Crippen molar-refractivity contribution in [2.24, 2.45) is 5.92 Å². The molecule has 160 valence electrons. The van der Waals surface area contributed by atoms with Crippen LogP contribution in [0.1, 0.15) is 75.4 Å². The number of nitrogens with zero attached hydrogens (tertiary/aromatic N) is 4. The zero-order valence-electron chi connectivity index (χ0n) is 16.0. The second-order valence-electron chi connectivity index (χ2n) is 7.37. The lowest BCUT2D eigenvalue weighted by atomic mass is 9.84. The molecular formula is C17H25N6O5S-. The van der Waals surface area contributed by atoms with E-state index in [9.17, 15) is 18.3 Å². The standard InChI is InChI=1S/C17H26N6O5S/c24-15(25)9-13(8-4-7-12-5-2-1-3-6-12)16-21-14(23-28-16)10-20-29(26,27)17-18-11-19-22-17/h11-13,20H,1-10H2,(H,24,25)(H,18,19,22)/p-1/t13-/m1/s1. The Morgan fingerprint density at radius 2 is 2.14 bits per heavy atom. The van der Waals surface area contributed by atoms with Crippen molar-refractivity contribution in [3.63, 3.8) is 0 Å². The molecule has 1 aliphatic rings. The Morgan fingerprint density at radius 1 is 1.34 bits per heavy atom. The van der Waals surface area contributed by atoms with Gasteiger partial charge in [0.15, 0.2) is 5.82 Å². The number of nitrogens with one attached hydrogen (secondary N) is 2. The lowest BCUT2D eigenvalue weighted by Crippen LogP contribution is -2.25. The molecule has 0 radical (unpaired) electrons. The summed E-state index contributed by atoms with van der Waals surface area (Å²) in [5.41, 5.74) is 0. The van der Waals surface area contributed by atoms with E-state index in [2.05, 4.69) is 30.0 Å². The number of carbonyl (C=O) groups excluding carboxylic acids is 1. The first kappa shape index (κ1) is 21.4. The molecule has 1 aliphatic carbocycles. The van der Waals surface area contributed by atoms with Crippen LogP contribution in [0, 0.1) is 5.92 Å². The van der Waals surface area contributed by atoms with Crippen LogP contribution in [0.25, 0.3) is 0 Å². The molecule has 2 N–H and O–H groups in total. The molecule has 3 rings (SSSR count). The molecule has 0 spiro atoms. The summed E-state index contributed by atoms with van der Waals surface area (Å²) in [5.74, 6) is -0.629. The van der Waals surface area contributed by atoms with Gasteiger partial charge in [-0.15, -0.1) is 0 Å². The maximum Gasteiger partial charge on any atom is 0.276 e. The van der Waals surface area contributed by atoms with E-state index in [0.29, 0.717) is 12.3 Å². The number of carboxylic acids is 1. The molecule has 12 heteroatoms. The number of H-pyrrole nitrogens is 1. The van der Waals surface area contributed by atoms with Crippen LogP contribution >= 0.6 is 0 Å². The van der Waals surface area contributed by atoms with Gasteiger partial charge in [-0.25, -0.2) is 23.2 Å². The van der Waals surface area contributed by atoms with Gasteiger partial charge < -0.3 is 14.4 Å². The molecule has 1 saturated carbocycles. The SMILES string of the molecule is O=C([O-])C[C@@H](CCCC1CCCCC1)c1nc(CNS(=O)(=O)c2ncn[nH]2)no1. The summed E-state index contributed by atoms with van der Waals surface area (Å²) in [6.07, 6.45) is 9.72. The first-order valence-electron chi connectivity index (χ1n) is 9.81. The predicted molar refractivity (Wildman–Crippen MR) is 97.5 cm³/mol. The average molecular weight is 425 g/mol. The van der Waals surface area contributed by atoms with Gasteiger partial charge in [0.1, 0.15) is 6.33 Å². The van der Waals surface area contributed by atoms with E-state index in [1.807, 2.05) is 0 Å². The van der Waals surface area contributed by atoms with Crippen molar-refractivity contribution < 1.29 is 22.8 Å². The number of aromatic amines is 1. The third-order valence-corrected chi connectivity index (χ3v) is 6.43. The quantitative estimate of drug-likeness (QED) is 0.525. The van der Waals surface area contributed by atoms with Crippen molar-refractivity contribution in [1.29, 1.82) is 0 Å². The number of hydrogen-bond acceptors (Lipinski definition) is 9. The second kappa shape index (κ2) is 9.92. The van der Waals surface area contributed by atoms with Crippen LogP contribution in [0.15, 0.2) is 16.0 Å². The molecule has 29 heavy (non-hydrogen) atoms. The first-order valence-corrected chi connectivity index (χ1v) is 11.3. The largest absolute Gasteiger partial charge is 0.550 e. The van der Waals surface area contributed by atoms with Gasteiger partial charge in [0, 0.05) is 11.9 Å². The summed E-state index contributed by atoms with van der Waals surface area (Å²) >= 11 is 0. The second-order valence-corrected chi connectivity index (χ2v) is 9.05. The molecule has 0 saturated heterocycles. The Bertz CT molecular complexity index is 876.